The normalized spacial score (nSPS) is 15.2. The molecule has 2 aromatic rings. The standard InChI is InChI=1S/C22H27N3O3/c1-17(26)19-6-4-7-20(14-19)23-22(27)16-25-11-9-24(10-12-25)15-18-5-3-8-21(13-18)28-2/h3-8,13-14H,9-12,15-16H2,1-2H3,(H,23,27). The Kier molecular flexibility index (Phi) is 6.79. The molecular weight excluding hydrogens is 354 g/mol. The number of hydrogen-bond donors (Lipinski definition) is 1. The SMILES string of the molecule is COc1cccc(CN2CCN(CC(=O)Nc3cccc(C(C)=O)c3)CC2)c1. The molecule has 1 heterocycles. The first-order chi connectivity index (χ1) is 13.5. The maximum absolute atomic E-state index is 12.3. The van der Waals surface area contributed by atoms with Crippen LogP contribution in [0.5, 0.6) is 5.75 Å². The number of ketones is 1. The second-order valence-corrected chi connectivity index (χ2v) is 7.09. The molecule has 1 N–H and O–H groups in total. The second-order valence-electron chi connectivity index (χ2n) is 7.09. The third-order valence-electron chi connectivity index (χ3n) is 4.93. The van der Waals surface area contributed by atoms with E-state index in [9.17, 15) is 9.59 Å². The summed E-state index contributed by atoms with van der Waals surface area (Å²) in [7, 11) is 1.68. The van der Waals surface area contributed by atoms with Crippen molar-refractivity contribution in [3.63, 3.8) is 0 Å². The molecule has 1 saturated heterocycles. The predicted octanol–water partition coefficient (Wildman–Crippen LogP) is 2.65. The number of piperazine rings is 1. The topological polar surface area (TPSA) is 61.9 Å². The smallest absolute Gasteiger partial charge is 0.238 e. The summed E-state index contributed by atoms with van der Waals surface area (Å²) in [5, 5.41) is 2.89. The van der Waals surface area contributed by atoms with Crippen LogP contribution in [0.2, 0.25) is 0 Å². The fraction of sp³-hybridized carbons (Fsp3) is 0.364. The molecule has 0 saturated carbocycles. The molecule has 0 radical (unpaired) electrons. The summed E-state index contributed by atoms with van der Waals surface area (Å²) in [4.78, 5) is 28.4. The van der Waals surface area contributed by atoms with Crippen molar-refractivity contribution < 1.29 is 14.3 Å². The molecule has 1 fully saturated rings. The highest BCUT2D eigenvalue weighted by Crippen LogP contribution is 2.16. The van der Waals surface area contributed by atoms with Gasteiger partial charge in [0.05, 0.1) is 13.7 Å². The summed E-state index contributed by atoms with van der Waals surface area (Å²) in [6.45, 7) is 6.31. The summed E-state index contributed by atoms with van der Waals surface area (Å²) in [5.41, 5.74) is 2.49. The Labute approximate surface area is 166 Å². The van der Waals surface area contributed by atoms with Crippen molar-refractivity contribution in [3.8, 4) is 5.75 Å². The van der Waals surface area contributed by atoms with Crippen molar-refractivity contribution in [1.29, 1.82) is 0 Å². The summed E-state index contributed by atoms with van der Waals surface area (Å²) in [6, 6.07) is 15.2. The molecule has 0 unspecified atom stereocenters. The third-order valence-corrected chi connectivity index (χ3v) is 4.93. The second kappa shape index (κ2) is 9.48. The van der Waals surface area contributed by atoms with Crippen LogP contribution in [0.1, 0.15) is 22.8 Å². The molecule has 1 aliphatic rings. The lowest BCUT2D eigenvalue weighted by Crippen LogP contribution is -2.48. The highest BCUT2D eigenvalue weighted by Gasteiger charge is 2.19. The number of methoxy groups -OCH3 is 1. The number of carbonyl (C=O) groups excluding carboxylic acids is 2. The van der Waals surface area contributed by atoms with Gasteiger partial charge in [-0.15, -0.1) is 0 Å². The number of amides is 1. The fourth-order valence-electron chi connectivity index (χ4n) is 3.35. The van der Waals surface area contributed by atoms with Crippen LogP contribution in [0, 0.1) is 0 Å². The largest absolute Gasteiger partial charge is 0.497 e. The molecule has 28 heavy (non-hydrogen) atoms. The van der Waals surface area contributed by atoms with Gasteiger partial charge in [-0.25, -0.2) is 0 Å². The van der Waals surface area contributed by atoms with Crippen molar-refractivity contribution in [2.75, 3.05) is 45.2 Å². The zero-order valence-electron chi connectivity index (χ0n) is 16.5. The molecule has 1 aliphatic heterocycles. The molecule has 1 amide bonds. The van der Waals surface area contributed by atoms with Crippen LogP contribution >= 0.6 is 0 Å². The minimum absolute atomic E-state index is 0.0109. The Balaban J connectivity index is 1.45. The van der Waals surface area contributed by atoms with Crippen molar-refractivity contribution in [2.24, 2.45) is 0 Å². The predicted molar refractivity (Wildman–Crippen MR) is 110 cm³/mol. The van der Waals surface area contributed by atoms with Crippen LogP contribution in [0.15, 0.2) is 48.5 Å². The van der Waals surface area contributed by atoms with E-state index in [1.807, 2.05) is 12.1 Å². The summed E-state index contributed by atoms with van der Waals surface area (Å²) < 4.78 is 5.28. The number of anilines is 1. The number of benzene rings is 2. The van der Waals surface area contributed by atoms with Crippen molar-refractivity contribution in [1.82, 2.24) is 9.80 Å². The lowest BCUT2D eigenvalue weighted by molar-refractivity contribution is -0.117. The number of rotatable bonds is 7. The van der Waals surface area contributed by atoms with Gasteiger partial charge in [0.25, 0.3) is 0 Å². The van der Waals surface area contributed by atoms with Gasteiger partial charge in [0.15, 0.2) is 5.78 Å². The minimum Gasteiger partial charge on any atom is -0.497 e. The number of carbonyl (C=O) groups is 2. The van der Waals surface area contributed by atoms with Crippen LogP contribution in [0.25, 0.3) is 0 Å². The van der Waals surface area contributed by atoms with Gasteiger partial charge in [0.2, 0.25) is 5.91 Å². The number of nitrogens with zero attached hydrogens (tertiary/aromatic N) is 2. The molecule has 0 aromatic heterocycles. The van der Waals surface area contributed by atoms with Crippen molar-refractivity contribution in [3.05, 3.63) is 59.7 Å². The van der Waals surface area contributed by atoms with Gasteiger partial charge < -0.3 is 10.1 Å². The first-order valence-corrected chi connectivity index (χ1v) is 9.52. The summed E-state index contributed by atoms with van der Waals surface area (Å²) in [5.74, 6) is 0.812. The average molecular weight is 381 g/mol. The average Bonchev–Trinajstić information content (AvgIpc) is 2.70. The molecule has 0 bridgehead atoms. The summed E-state index contributed by atoms with van der Waals surface area (Å²) in [6.07, 6.45) is 0. The molecule has 0 atom stereocenters. The molecule has 6 heteroatoms. The van der Waals surface area contributed by atoms with Gasteiger partial charge in [0.1, 0.15) is 5.75 Å². The van der Waals surface area contributed by atoms with E-state index >= 15 is 0 Å². The van der Waals surface area contributed by atoms with E-state index in [-0.39, 0.29) is 11.7 Å². The van der Waals surface area contributed by atoms with Crippen LogP contribution in [-0.4, -0.2) is 61.3 Å². The van der Waals surface area contributed by atoms with E-state index < -0.39 is 0 Å². The molecular formula is C22H27N3O3. The molecule has 2 aromatic carbocycles. The number of nitrogens with one attached hydrogen (secondary N) is 1. The van der Waals surface area contributed by atoms with E-state index in [2.05, 4.69) is 27.2 Å². The Hall–Kier alpha value is -2.70. The quantitative estimate of drug-likeness (QED) is 0.747. The van der Waals surface area contributed by atoms with Crippen LogP contribution in [-0.2, 0) is 11.3 Å². The van der Waals surface area contributed by atoms with Crippen molar-refractivity contribution >= 4 is 17.4 Å². The zero-order chi connectivity index (χ0) is 19.9. The third kappa shape index (κ3) is 5.65. The van der Waals surface area contributed by atoms with Crippen LogP contribution < -0.4 is 10.1 Å². The van der Waals surface area contributed by atoms with E-state index in [0.717, 1.165) is 38.5 Å². The first-order valence-electron chi connectivity index (χ1n) is 9.52. The van der Waals surface area contributed by atoms with Gasteiger partial charge >= 0.3 is 0 Å². The van der Waals surface area contributed by atoms with E-state index in [1.165, 1.54) is 12.5 Å². The summed E-state index contributed by atoms with van der Waals surface area (Å²) >= 11 is 0. The maximum Gasteiger partial charge on any atom is 0.238 e. The molecule has 6 nitrogen and oxygen atoms in total. The molecule has 0 spiro atoms. The van der Waals surface area contributed by atoms with Gasteiger partial charge in [-0.1, -0.05) is 24.3 Å². The molecule has 0 aliphatic carbocycles. The fourth-order valence-corrected chi connectivity index (χ4v) is 3.35. The lowest BCUT2D eigenvalue weighted by Gasteiger charge is -2.34. The Bertz CT molecular complexity index is 829. The highest BCUT2D eigenvalue weighted by atomic mass is 16.5. The van der Waals surface area contributed by atoms with E-state index in [1.54, 1.807) is 31.4 Å². The highest BCUT2D eigenvalue weighted by molar-refractivity contribution is 5.97. The van der Waals surface area contributed by atoms with E-state index in [4.69, 9.17) is 4.74 Å². The van der Waals surface area contributed by atoms with Gasteiger partial charge in [-0.05, 0) is 36.8 Å². The monoisotopic (exact) mass is 381 g/mol. The number of hydrogen-bond acceptors (Lipinski definition) is 5. The van der Waals surface area contributed by atoms with Crippen LogP contribution in [0.3, 0.4) is 0 Å². The van der Waals surface area contributed by atoms with Gasteiger partial charge in [0, 0.05) is 44.0 Å². The van der Waals surface area contributed by atoms with Gasteiger partial charge in [-0.2, -0.15) is 0 Å². The Morgan fingerprint density at radius 2 is 1.71 bits per heavy atom. The van der Waals surface area contributed by atoms with Crippen molar-refractivity contribution in [2.45, 2.75) is 13.5 Å². The molecule has 3 rings (SSSR count). The maximum atomic E-state index is 12.3. The molecule has 148 valence electrons. The number of Topliss-reactive ketones (excluding diaryl/α,β-unsaturated/α-hetero) is 1. The first kappa shape index (κ1) is 20.0. The zero-order valence-corrected chi connectivity index (χ0v) is 16.5. The van der Waals surface area contributed by atoms with E-state index in [0.29, 0.717) is 17.8 Å². The Morgan fingerprint density at radius 1 is 1.00 bits per heavy atom. The lowest BCUT2D eigenvalue weighted by atomic mass is 10.1. The van der Waals surface area contributed by atoms with Crippen LogP contribution in [0.4, 0.5) is 5.69 Å². The minimum atomic E-state index is -0.0538. The number of ether oxygens (including phenoxy) is 1. The van der Waals surface area contributed by atoms with Gasteiger partial charge in [-0.3, -0.25) is 19.4 Å². The Morgan fingerprint density at radius 3 is 2.43 bits per heavy atom.